The fourth-order valence-corrected chi connectivity index (χ4v) is 3.36. The Bertz CT molecular complexity index is 879. The van der Waals surface area contributed by atoms with E-state index < -0.39 is 0 Å². The molecule has 0 radical (unpaired) electrons. The lowest BCUT2D eigenvalue weighted by molar-refractivity contribution is 0.672. The molecule has 2 unspecified atom stereocenters. The molecule has 0 spiro atoms. The third kappa shape index (κ3) is 4.80. The number of nitrogens with one attached hydrogen (secondary N) is 2. The number of hydrogen-bond donors (Lipinski definition) is 2. The van der Waals surface area contributed by atoms with E-state index in [4.69, 9.17) is 0 Å². The minimum Gasteiger partial charge on any atom is -0.356 e. The summed E-state index contributed by atoms with van der Waals surface area (Å²) in [5.41, 5.74) is 4.41. The molecule has 0 aliphatic heterocycles. The van der Waals surface area contributed by atoms with Gasteiger partial charge in [-0.1, -0.05) is 85.0 Å². The molecule has 0 aromatic heterocycles. The third-order valence-corrected chi connectivity index (χ3v) is 4.75. The topological polar surface area (TPSA) is 24.1 Å². The van der Waals surface area contributed by atoms with Crippen molar-refractivity contribution in [2.24, 2.45) is 11.8 Å². The lowest BCUT2D eigenvalue weighted by atomic mass is 9.90. The van der Waals surface area contributed by atoms with Crippen molar-refractivity contribution in [2.45, 2.75) is 0 Å². The SMILES string of the molecule is C1=CC(Nc2ccccc2)=CC(C2C=CC=CC(Nc3ccccc3)=C2)C=C1. The van der Waals surface area contributed by atoms with E-state index in [1.165, 1.54) is 0 Å². The smallest absolute Gasteiger partial charge is 0.0384 e. The predicted octanol–water partition coefficient (Wildman–Crippen LogP) is 6.46. The maximum Gasteiger partial charge on any atom is 0.0384 e. The molecule has 0 bridgehead atoms. The Hall–Kier alpha value is -3.52. The van der Waals surface area contributed by atoms with Crippen molar-refractivity contribution in [1.29, 1.82) is 0 Å². The number of anilines is 2. The standard InChI is InChI=1S/C26H24N2/c1-3-13-23(14-4-1)27-25-17-9-7-11-21(19-25)22-12-8-10-18-26(20-22)28-24-15-5-2-6-16-24/h1-22,27-28H. The maximum atomic E-state index is 3.51. The predicted molar refractivity (Wildman–Crippen MR) is 120 cm³/mol. The Morgan fingerprint density at radius 3 is 1.36 bits per heavy atom. The fraction of sp³-hybridized carbons (Fsp3) is 0.0769. The van der Waals surface area contributed by atoms with Crippen LogP contribution >= 0.6 is 0 Å². The summed E-state index contributed by atoms with van der Waals surface area (Å²) < 4.78 is 0. The van der Waals surface area contributed by atoms with Crippen molar-refractivity contribution in [1.82, 2.24) is 0 Å². The van der Waals surface area contributed by atoms with Gasteiger partial charge in [-0.3, -0.25) is 0 Å². The van der Waals surface area contributed by atoms with E-state index in [0.29, 0.717) is 0 Å². The van der Waals surface area contributed by atoms with Crippen LogP contribution in [0.2, 0.25) is 0 Å². The van der Waals surface area contributed by atoms with Crippen LogP contribution in [0.15, 0.2) is 133 Å². The summed E-state index contributed by atoms with van der Waals surface area (Å²) in [5.74, 6) is 0.537. The molecule has 2 aliphatic carbocycles. The second-order valence-corrected chi connectivity index (χ2v) is 6.87. The zero-order valence-electron chi connectivity index (χ0n) is 15.7. The molecule has 4 rings (SSSR count). The van der Waals surface area contributed by atoms with Crippen LogP contribution in [0.4, 0.5) is 11.4 Å². The van der Waals surface area contributed by atoms with Gasteiger partial charge < -0.3 is 10.6 Å². The second kappa shape index (κ2) is 8.92. The van der Waals surface area contributed by atoms with Crippen LogP contribution in [0.25, 0.3) is 0 Å². The molecule has 28 heavy (non-hydrogen) atoms. The molecule has 0 saturated heterocycles. The minimum absolute atomic E-state index is 0.268. The van der Waals surface area contributed by atoms with Gasteiger partial charge in [0.2, 0.25) is 0 Å². The van der Waals surface area contributed by atoms with E-state index in [9.17, 15) is 0 Å². The summed E-state index contributed by atoms with van der Waals surface area (Å²) in [6.45, 7) is 0. The van der Waals surface area contributed by atoms with Gasteiger partial charge in [0.15, 0.2) is 0 Å². The van der Waals surface area contributed by atoms with Crippen molar-refractivity contribution >= 4 is 11.4 Å². The Morgan fingerprint density at radius 1 is 0.500 bits per heavy atom. The van der Waals surface area contributed by atoms with Crippen molar-refractivity contribution in [3.63, 3.8) is 0 Å². The molecular formula is C26H24N2. The van der Waals surface area contributed by atoms with Crippen molar-refractivity contribution in [2.75, 3.05) is 10.6 Å². The third-order valence-electron chi connectivity index (χ3n) is 4.75. The van der Waals surface area contributed by atoms with Crippen molar-refractivity contribution < 1.29 is 0 Å². The van der Waals surface area contributed by atoms with Gasteiger partial charge in [-0.2, -0.15) is 0 Å². The van der Waals surface area contributed by atoms with Gasteiger partial charge in [-0.05, 0) is 36.4 Å². The monoisotopic (exact) mass is 364 g/mol. The molecule has 138 valence electrons. The fourth-order valence-electron chi connectivity index (χ4n) is 3.36. The van der Waals surface area contributed by atoms with Gasteiger partial charge in [-0.25, -0.2) is 0 Å². The van der Waals surface area contributed by atoms with Gasteiger partial charge in [0.05, 0.1) is 0 Å². The highest BCUT2D eigenvalue weighted by atomic mass is 14.9. The first-order valence-corrected chi connectivity index (χ1v) is 9.64. The molecular weight excluding hydrogens is 340 g/mol. The summed E-state index contributed by atoms with van der Waals surface area (Å²) in [6, 6.07) is 20.6. The van der Waals surface area contributed by atoms with Gasteiger partial charge >= 0.3 is 0 Å². The first kappa shape index (κ1) is 17.9. The van der Waals surface area contributed by atoms with Crippen molar-refractivity contribution in [3.05, 3.63) is 133 Å². The molecule has 0 saturated carbocycles. The van der Waals surface area contributed by atoms with Gasteiger partial charge in [0.25, 0.3) is 0 Å². The number of para-hydroxylation sites is 2. The van der Waals surface area contributed by atoms with Gasteiger partial charge in [-0.15, -0.1) is 0 Å². The van der Waals surface area contributed by atoms with Gasteiger partial charge in [0.1, 0.15) is 0 Å². The van der Waals surface area contributed by atoms with E-state index in [1.807, 2.05) is 36.4 Å². The van der Waals surface area contributed by atoms with Gasteiger partial charge in [0, 0.05) is 34.6 Å². The molecule has 2 N–H and O–H groups in total. The number of hydrogen-bond acceptors (Lipinski definition) is 2. The first-order valence-electron chi connectivity index (χ1n) is 9.64. The lowest BCUT2D eigenvalue weighted by Gasteiger charge is -2.18. The summed E-state index contributed by atoms with van der Waals surface area (Å²) in [7, 11) is 0. The van der Waals surface area contributed by atoms with Crippen LogP contribution in [0.3, 0.4) is 0 Å². The molecule has 2 nitrogen and oxygen atoms in total. The van der Waals surface area contributed by atoms with E-state index in [0.717, 1.165) is 22.8 Å². The number of rotatable bonds is 5. The van der Waals surface area contributed by atoms with Crippen LogP contribution in [0, 0.1) is 11.8 Å². The highest BCUT2D eigenvalue weighted by Gasteiger charge is 2.16. The first-order chi connectivity index (χ1) is 13.9. The highest BCUT2D eigenvalue weighted by Crippen LogP contribution is 2.26. The van der Waals surface area contributed by atoms with E-state index in [-0.39, 0.29) is 11.8 Å². The summed E-state index contributed by atoms with van der Waals surface area (Å²) >= 11 is 0. The van der Waals surface area contributed by atoms with E-state index >= 15 is 0 Å². The Labute approximate surface area is 167 Å². The molecule has 2 heteroatoms. The Kier molecular flexibility index (Phi) is 5.69. The van der Waals surface area contributed by atoms with Crippen LogP contribution in [0.1, 0.15) is 0 Å². The molecule has 2 aromatic carbocycles. The second-order valence-electron chi connectivity index (χ2n) is 6.87. The number of allylic oxidation sites excluding steroid dienone is 10. The number of benzene rings is 2. The molecule has 0 fully saturated rings. The molecule has 2 aliphatic rings. The molecule has 0 heterocycles. The quantitative estimate of drug-likeness (QED) is 0.636. The van der Waals surface area contributed by atoms with E-state index in [1.54, 1.807) is 0 Å². The molecule has 2 atom stereocenters. The van der Waals surface area contributed by atoms with Crippen LogP contribution in [-0.2, 0) is 0 Å². The van der Waals surface area contributed by atoms with E-state index in [2.05, 4.69) is 95.7 Å². The van der Waals surface area contributed by atoms with Crippen molar-refractivity contribution in [3.8, 4) is 0 Å². The van der Waals surface area contributed by atoms with Crippen LogP contribution in [-0.4, -0.2) is 0 Å². The summed E-state index contributed by atoms with van der Waals surface area (Å²) in [6.07, 6.45) is 21.8. The summed E-state index contributed by atoms with van der Waals surface area (Å²) in [4.78, 5) is 0. The molecule has 0 amide bonds. The average molecular weight is 364 g/mol. The Morgan fingerprint density at radius 2 is 0.929 bits per heavy atom. The normalized spacial score (nSPS) is 20.7. The molecule has 2 aromatic rings. The largest absolute Gasteiger partial charge is 0.356 e. The Balaban J connectivity index is 1.55. The highest BCUT2D eigenvalue weighted by molar-refractivity contribution is 5.53. The maximum absolute atomic E-state index is 3.51. The minimum atomic E-state index is 0.268. The average Bonchev–Trinajstić information content (AvgIpc) is 3.10. The lowest BCUT2D eigenvalue weighted by Crippen LogP contribution is -2.10. The van der Waals surface area contributed by atoms with Crippen LogP contribution < -0.4 is 10.6 Å². The zero-order valence-corrected chi connectivity index (χ0v) is 15.7. The van der Waals surface area contributed by atoms with Crippen LogP contribution in [0.5, 0.6) is 0 Å². The zero-order chi connectivity index (χ0) is 19.0. The summed E-state index contributed by atoms with van der Waals surface area (Å²) in [5, 5.41) is 7.03.